The lowest BCUT2D eigenvalue weighted by Crippen LogP contribution is -2.38. The van der Waals surface area contributed by atoms with Gasteiger partial charge in [0.05, 0.1) is 18.3 Å². The predicted octanol–water partition coefficient (Wildman–Crippen LogP) is 5.00. The maximum Gasteiger partial charge on any atom is 0.191 e. The molecule has 0 radical (unpaired) electrons. The Morgan fingerprint density at radius 2 is 1.85 bits per heavy atom. The quantitative estimate of drug-likeness (QED) is 0.308. The van der Waals surface area contributed by atoms with Gasteiger partial charge in [0.15, 0.2) is 11.7 Å². The van der Waals surface area contributed by atoms with Gasteiger partial charge in [0.2, 0.25) is 0 Å². The Bertz CT molecular complexity index is 899. The van der Waals surface area contributed by atoms with Crippen LogP contribution in [0.3, 0.4) is 0 Å². The summed E-state index contributed by atoms with van der Waals surface area (Å²) in [6, 6.07) is 16.9. The molecule has 144 valence electrons. The van der Waals surface area contributed by atoms with E-state index in [4.69, 9.17) is 4.52 Å². The van der Waals surface area contributed by atoms with E-state index in [0.717, 1.165) is 17.4 Å². The highest BCUT2D eigenvalue weighted by Crippen LogP contribution is 2.24. The average Bonchev–Trinajstić information content (AvgIpc) is 3.14. The van der Waals surface area contributed by atoms with Crippen molar-refractivity contribution < 1.29 is 4.52 Å². The van der Waals surface area contributed by atoms with Crippen LogP contribution in [0.1, 0.15) is 49.7 Å². The number of hydrogen-bond acceptors (Lipinski definition) is 3. The number of halogens is 1. The Hall–Kier alpha value is -2.09. The van der Waals surface area contributed by atoms with Gasteiger partial charge in [0.25, 0.3) is 0 Å². The normalized spacial score (nSPS) is 12.7. The Morgan fingerprint density at radius 1 is 1.11 bits per heavy atom. The van der Waals surface area contributed by atoms with Gasteiger partial charge in [-0.15, -0.1) is 24.0 Å². The van der Waals surface area contributed by atoms with E-state index in [1.165, 1.54) is 16.3 Å². The molecule has 2 N–H and O–H groups in total. The smallest absolute Gasteiger partial charge is 0.191 e. The summed E-state index contributed by atoms with van der Waals surface area (Å²) in [4.78, 5) is 4.32. The zero-order valence-electron chi connectivity index (χ0n) is 16.2. The number of rotatable bonds is 5. The molecule has 0 fully saturated rings. The van der Waals surface area contributed by atoms with Crippen molar-refractivity contribution >= 4 is 40.7 Å². The van der Waals surface area contributed by atoms with Crippen LogP contribution in [0.2, 0.25) is 0 Å². The first-order chi connectivity index (χ1) is 12.6. The molecule has 0 amide bonds. The number of benzene rings is 2. The number of aliphatic imine (C=N–C) groups is 1. The van der Waals surface area contributed by atoms with E-state index in [-0.39, 0.29) is 30.0 Å². The molecule has 27 heavy (non-hydrogen) atoms. The summed E-state index contributed by atoms with van der Waals surface area (Å²) in [6.07, 6.45) is 0. The van der Waals surface area contributed by atoms with Gasteiger partial charge in [0, 0.05) is 13.1 Å². The first kappa shape index (κ1) is 21.2. The third-order valence-electron chi connectivity index (χ3n) is 4.47. The second-order valence-corrected chi connectivity index (χ2v) is 6.73. The molecule has 0 saturated heterocycles. The summed E-state index contributed by atoms with van der Waals surface area (Å²) in [5.74, 6) is 1.89. The topological polar surface area (TPSA) is 62.5 Å². The minimum absolute atomic E-state index is 0. The molecular weight excluding hydrogens is 451 g/mol. The Morgan fingerprint density at radius 3 is 2.56 bits per heavy atom. The third-order valence-corrected chi connectivity index (χ3v) is 4.47. The van der Waals surface area contributed by atoms with Crippen molar-refractivity contribution in [3.63, 3.8) is 0 Å². The lowest BCUT2D eigenvalue weighted by atomic mass is 10.00. The molecule has 0 bridgehead atoms. The molecule has 6 heteroatoms. The summed E-state index contributed by atoms with van der Waals surface area (Å²) < 4.78 is 5.37. The minimum Gasteiger partial charge on any atom is -0.359 e. The van der Waals surface area contributed by atoms with Crippen molar-refractivity contribution in [2.45, 2.75) is 39.3 Å². The molecule has 1 aromatic heterocycles. The zero-order chi connectivity index (χ0) is 18.5. The van der Waals surface area contributed by atoms with Gasteiger partial charge in [-0.25, -0.2) is 0 Å². The molecule has 1 heterocycles. The molecule has 3 aromatic rings. The van der Waals surface area contributed by atoms with Gasteiger partial charge in [-0.3, -0.25) is 4.99 Å². The lowest BCUT2D eigenvalue weighted by Gasteiger charge is -2.19. The number of guanidine groups is 1. The molecule has 1 atom stereocenters. The van der Waals surface area contributed by atoms with E-state index in [0.29, 0.717) is 12.5 Å². The van der Waals surface area contributed by atoms with E-state index in [1.807, 2.05) is 6.07 Å². The number of fused-ring (bicyclic) bond motifs is 1. The summed E-state index contributed by atoms with van der Waals surface area (Å²) in [6.45, 7) is 6.88. The van der Waals surface area contributed by atoms with Crippen LogP contribution in [0.4, 0.5) is 0 Å². The molecule has 0 aliphatic rings. The van der Waals surface area contributed by atoms with Crippen LogP contribution in [0.5, 0.6) is 0 Å². The fourth-order valence-corrected chi connectivity index (χ4v) is 2.96. The molecule has 0 saturated carbocycles. The fraction of sp³-hybridized carbons (Fsp3) is 0.333. The molecule has 0 aliphatic heterocycles. The van der Waals surface area contributed by atoms with Crippen LogP contribution < -0.4 is 10.6 Å². The highest BCUT2D eigenvalue weighted by molar-refractivity contribution is 14.0. The van der Waals surface area contributed by atoms with Gasteiger partial charge in [-0.05, 0) is 29.2 Å². The molecular formula is C21H27IN4O. The molecule has 5 nitrogen and oxygen atoms in total. The number of nitrogens with zero attached hydrogens (tertiary/aromatic N) is 2. The van der Waals surface area contributed by atoms with Gasteiger partial charge < -0.3 is 15.2 Å². The SMILES string of the molecule is CN=C(NCc1cc(C(C)C)no1)NC(C)c1cccc2ccccc12.I. The number of nitrogens with one attached hydrogen (secondary N) is 2. The van der Waals surface area contributed by atoms with E-state index >= 15 is 0 Å². The van der Waals surface area contributed by atoms with E-state index in [2.05, 4.69) is 84.0 Å². The van der Waals surface area contributed by atoms with Crippen LogP contribution in [0, 0.1) is 0 Å². The number of hydrogen-bond donors (Lipinski definition) is 2. The second kappa shape index (κ2) is 9.73. The van der Waals surface area contributed by atoms with Gasteiger partial charge in [-0.2, -0.15) is 0 Å². The Labute approximate surface area is 177 Å². The van der Waals surface area contributed by atoms with Crippen LogP contribution in [-0.4, -0.2) is 18.2 Å². The molecule has 0 spiro atoms. The maximum absolute atomic E-state index is 5.37. The van der Waals surface area contributed by atoms with Gasteiger partial charge in [0.1, 0.15) is 0 Å². The first-order valence-electron chi connectivity index (χ1n) is 8.99. The highest BCUT2D eigenvalue weighted by atomic mass is 127. The monoisotopic (exact) mass is 478 g/mol. The summed E-state index contributed by atoms with van der Waals surface area (Å²) in [5, 5.41) is 13.3. The van der Waals surface area contributed by atoms with Crippen LogP contribution >= 0.6 is 24.0 Å². The van der Waals surface area contributed by atoms with Crippen molar-refractivity contribution in [1.82, 2.24) is 15.8 Å². The van der Waals surface area contributed by atoms with Gasteiger partial charge >= 0.3 is 0 Å². The fourth-order valence-electron chi connectivity index (χ4n) is 2.96. The van der Waals surface area contributed by atoms with Crippen LogP contribution in [0.25, 0.3) is 10.8 Å². The maximum atomic E-state index is 5.37. The largest absolute Gasteiger partial charge is 0.359 e. The lowest BCUT2D eigenvalue weighted by molar-refractivity contribution is 0.371. The standard InChI is InChI=1S/C21H26N4O.HI/c1-14(2)20-12-17(26-25-20)13-23-21(22-4)24-15(3)18-11-7-9-16-8-5-6-10-19(16)18;/h5-12,14-15H,13H2,1-4H3,(H2,22,23,24);1H. The molecule has 2 aromatic carbocycles. The first-order valence-corrected chi connectivity index (χ1v) is 8.99. The predicted molar refractivity (Wildman–Crippen MR) is 122 cm³/mol. The average molecular weight is 478 g/mol. The summed E-state index contributed by atoms with van der Waals surface area (Å²) in [7, 11) is 1.77. The summed E-state index contributed by atoms with van der Waals surface area (Å²) in [5.41, 5.74) is 2.21. The summed E-state index contributed by atoms with van der Waals surface area (Å²) >= 11 is 0. The molecule has 3 rings (SSSR count). The van der Waals surface area contributed by atoms with Crippen LogP contribution in [-0.2, 0) is 6.54 Å². The minimum atomic E-state index is 0. The Kier molecular flexibility index (Phi) is 7.65. The molecule has 0 aliphatic carbocycles. The van der Waals surface area contributed by atoms with Crippen molar-refractivity contribution in [2.24, 2.45) is 4.99 Å². The van der Waals surface area contributed by atoms with Crippen molar-refractivity contribution in [3.05, 3.63) is 65.5 Å². The Balaban J connectivity index is 0.00000261. The second-order valence-electron chi connectivity index (χ2n) is 6.73. The van der Waals surface area contributed by atoms with E-state index in [1.54, 1.807) is 7.05 Å². The van der Waals surface area contributed by atoms with Gasteiger partial charge in [-0.1, -0.05) is 61.5 Å². The molecule has 1 unspecified atom stereocenters. The van der Waals surface area contributed by atoms with E-state index in [9.17, 15) is 0 Å². The zero-order valence-corrected chi connectivity index (χ0v) is 18.5. The van der Waals surface area contributed by atoms with E-state index < -0.39 is 0 Å². The van der Waals surface area contributed by atoms with Crippen molar-refractivity contribution in [2.75, 3.05) is 7.05 Å². The van der Waals surface area contributed by atoms with Crippen molar-refractivity contribution in [1.29, 1.82) is 0 Å². The third kappa shape index (κ3) is 5.22. The van der Waals surface area contributed by atoms with Crippen LogP contribution in [0.15, 0.2) is 58.0 Å². The number of aromatic nitrogens is 1. The van der Waals surface area contributed by atoms with Crippen molar-refractivity contribution in [3.8, 4) is 0 Å². The highest BCUT2D eigenvalue weighted by Gasteiger charge is 2.12.